The molecule has 2 N–H and O–H groups in total. The van der Waals surface area contributed by atoms with Gasteiger partial charge in [-0.2, -0.15) is 0 Å². The minimum absolute atomic E-state index is 0.0179. The summed E-state index contributed by atoms with van der Waals surface area (Å²) in [6.45, 7) is 6.60. The summed E-state index contributed by atoms with van der Waals surface area (Å²) < 4.78 is 32.1. The Balaban J connectivity index is 1.48. The molecule has 0 aromatic heterocycles. The monoisotopic (exact) mass is 409 g/mol. The van der Waals surface area contributed by atoms with Crippen molar-refractivity contribution in [2.24, 2.45) is 5.92 Å². The van der Waals surface area contributed by atoms with Crippen LogP contribution in [0.3, 0.4) is 0 Å². The molecule has 1 amide bonds. The lowest BCUT2D eigenvalue weighted by molar-refractivity contribution is -0.120. The van der Waals surface area contributed by atoms with Crippen LogP contribution in [0.25, 0.3) is 0 Å². The Morgan fingerprint density at radius 3 is 2.25 bits per heavy atom. The number of hydrogen-bond acceptors (Lipinski definition) is 5. The first-order chi connectivity index (χ1) is 13.3. The summed E-state index contributed by atoms with van der Waals surface area (Å²) in [6.07, 6.45) is 2.78. The standard InChI is InChI=1S/C20H31N3O4S/c1-15(2)28(25,26)22-18-5-3-16(4-6-18)20(24)21-17-7-9-19(10-8-17)23-11-13-27-14-12-23/h7-10,15-16,18,22H,3-6,11-14H2,1-2H3,(H,21,24). The summed E-state index contributed by atoms with van der Waals surface area (Å²) in [7, 11) is -3.26. The third-order valence-electron chi connectivity index (χ3n) is 5.56. The second kappa shape index (κ2) is 9.24. The smallest absolute Gasteiger partial charge is 0.227 e. The van der Waals surface area contributed by atoms with Gasteiger partial charge in [0.15, 0.2) is 0 Å². The first-order valence-electron chi connectivity index (χ1n) is 10.1. The number of carbonyl (C=O) groups excluding carboxylic acids is 1. The fraction of sp³-hybridized carbons (Fsp3) is 0.650. The third-order valence-corrected chi connectivity index (χ3v) is 7.46. The van der Waals surface area contributed by atoms with E-state index in [-0.39, 0.29) is 17.9 Å². The van der Waals surface area contributed by atoms with Gasteiger partial charge < -0.3 is 15.0 Å². The fourth-order valence-electron chi connectivity index (χ4n) is 3.66. The Bertz CT molecular complexity index is 750. The summed E-state index contributed by atoms with van der Waals surface area (Å²) in [4.78, 5) is 14.8. The second-order valence-corrected chi connectivity index (χ2v) is 10.2. The van der Waals surface area contributed by atoms with Crippen LogP contribution in [-0.2, 0) is 19.6 Å². The zero-order chi connectivity index (χ0) is 20.1. The molecule has 1 aromatic carbocycles. The van der Waals surface area contributed by atoms with E-state index < -0.39 is 15.3 Å². The van der Waals surface area contributed by atoms with Crippen LogP contribution in [0.15, 0.2) is 24.3 Å². The molecule has 1 aliphatic carbocycles. The van der Waals surface area contributed by atoms with Gasteiger partial charge in [0.05, 0.1) is 18.5 Å². The van der Waals surface area contributed by atoms with Gasteiger partial charge in [-0.1, -0.05) is 0 Å². The average molecular weight is 410 g/mol. The summed E-state index contributed by atoms with van der Waals surface area (Å²) in [5.74, 6) is -0.0528. The Morgan fingerprint density at radius 1 is 1.07 bits per heavy atom. The molecule has 2 aliphatic rings. The summed E-state index contributed by atoms with van der Waals surface area (Å²) in [5, 5.41) is 2.57. The van der Waals surface area contributed by atoms with Gasteiger partial charge in [-0.15, -0.1) is 0 Å². The van der Waals surface area contributed by atoms with E-state index in [1.807, 2.05) is 24.3 Å². The highest BCUT2D eigenvalue weighted by Crippen LogP contribution is 2.27. The van der Waals surface area contributed by atoms with E-state index >= 15 is 0 Å². The van der Waals surface area contributed by atoms with E-state index in [1.54, 1.807) is 13.8 Å². The first kappa shape index (κ1) is 21.1. The number of anilines is 2. The number of rotatable bonds is 6. The normalized spacial score (nSPS) is 23.6. The summed E-state index contributed by atoms with van der Waals surface area (Å²) in [5.41, 5.74) is 1.93. The van der Waals surface area contributed by atoms with E-state index in [9.17, 15) is 13.2 Å². The van der Waals surface area contributed by atoms with Gasteiger partial charge in [-0.25, -0.2) is 13.1 Å². The summed E-state index contributed by atoms with van der Waals surface area (Å²) in [6, 6.07) is 7.86. The molecule has 28 heavy (non-hydrogen) atoms. The molecule has 0 spiro atoms. The maximum absolute atomic E-state index is 12.6. The SMILES string of the molecule is CC(C)S(=O)(=O)NC1CCC(C(=O)Nc2ccc(N3CCOCC3)cc2)CC1. The highest BCUT2D eigenvalue weighted by atomic mass is 32.2. The lowest BCUT2D eigenvalue weighted by Crippen LogP contribution is -2.42. The van der Waals surface area contributed by atoms with Crippen LogP contribution in [0.4, 0.5) is 11.4 Å². The highest BCUT2D eigenvalue weighted by Gasteiger charge is 2.29. The largest absolute Gasteiger partial charge is 0.378 e. The number of morpholine rings is 1. The van der Waals surface area contributed by atoms with Gasteiger partial charge in [0.1, 0.15) is 0 Å². The third kappa shape index (κ3) is 5.46. The van der Waals surface area contributed by atoms with Crippen LogP contribution in [0.2, 0.25) is 0 Å². The van der Waals surface area contributed by atoms with Gasteiger partial charge in [0.25, 0.3) is 0 Å². The van der Waals surface area contributed by atoms with Crippen LogP contribution in [0.1, 0.15) is 39.5 Å². The molecule has 1 saturated carbocycles. The van der Waals surface area contributed by atoms with E-state index in [1.165, 1.54) is 0 Å². The molecule has 0 atom stereocenters. The molecule has 0 bridgehead atoms. The van der Waals surface area contributed by atoms with Crippen LogP contribution >= 0.6 is 0 Å². The zero-order valence-electron chi connectivity index (χ0n) is 16.7. The lowest BCUT2D eigenvalue weighted by Gasteiger charge is -2.29. The Labute approximate surface area is 167 Å². The minimum Gasteiger partial charge on any atom is -0.378 e. The maximum Gasteiger partial charge on any atom is 0.227 e. The molecular formula is C20H31N3O4S. The van der Waals surface area contributed by atoms with E-state index in [2.05, 4.69) is 14.9 Å². The van der Waals surface area contributed by atoms with Crippen LogP contribution in [0, 0.1) is 5.92 Å². The predicted octanol–water partition coefficient (Wildman–Crippen LogP) is 2.35. The molecule has 156 valence electrons. The van der Waals surface area contributed by atoms with Crippen LogP contribution in [0.5, 0.6) is 0 Å². The molecule has 1 aliphatic heterocycles. The molecule has 0 unspecified atom stereocenters. The minimum atomic E-state index is -3.26. The molecule has 7 nitrogen and oxygen atoms in total. The van der Waals surface area contributed by atoms with Crippen molar-refractivity contribution in [3.05, 3.63) is 24.3 Å². The lowest BCUT2D eigenvalue weighted by atomic mass is 9.86. The number of carbonyl (C=O) groups is 1. The van der Waals surface area contributed by atoms with Crippen molar-refractivity contribution in [1.29, 1.82) is 0 Å². The van der Waals surface area contributed by atoms with Gasteiger partial charge in [0.2, 0.25) is 15.9 Å². The van der Waals surface area contributed by atoms with Crippen molar-refractivity contribution >= 4 is 27.3 Å². The topological polar surface area (TPSA) is 87.7 Å². The van der Waals surface area contributed by atoms with Crippen LogP contribution in [-0.4, -0.2) is 51.9 Å². The van der Waals surface area contributed by atoms with Gasteiger partial charge in [-0.05, 0) is 63.8 Å². The molecule has 1 heterocycles. The Hall–Kier alpha value is -1.64. The molecule has 1 saturated heterocycles. The van der Waals surface area contributed by atoms with Crippen LogP contribution < -0.4 is 14.9 Å². The van der Waals surface area contributed by atoms with Crippen molar-refractivity contribution in [2.45, 2.75) is 50.8 Å². The number of nitrogens with zero attached hydrogens (tertiary/aromatic N) is 1. The Morgan fingerprint density at radius 2 is 1.68 bits per heavy atom. The number of benzene rings is 1. The number of ether oxygens (including phenoxy) is 1. The molecule has 0 radical (unpaired) electrons. The van der Waals surface area contributed by atoms with Crippen molar-refractivity contribution in [1.82, 2.24) is 4.72 Å². The van der Waals surface area contributed by atoms with E-state index in [4.69, 9.17) is 4.74 Å². The zero-order valence-corrected chi connectivity index (χ0v) is 17.5. The van der Waals surface area contributed by atoms with Crippen molar-refractivity contribution in [3.63, 3.8) is 0 Å². The Kier molecular flexibility index (Phi) is 6.95. The molecule has 8 heteroatoms. The quantitative estimate of drug-likeness (QED) is 0.753. The number of hydrogen-bond donors (Lipinski definition) is 2. The molecular weight excluding hydrogens is 378 g/mol. The first-order valence-corrected chi connectivity index (χ1v) is 11.6. The molecule has 3 rings (SSSR count). The number of sulfonamides is 1. The van der Waals surface area contributed by atoms with Gasteiger partial charge >= 0.3 is 0 Å². The van der Waals surface area contributed by atoms with Gasteiger partial charge in [0, 0.05) is 36.4 Å². The van der Waals surface area contributed by atoms with Crippen molar-refractivity contribution < 1.29 is 17.9 Å². The van der Waals surface area contributed by atoms with Crippen molar-refractivity contribution in [3.8, 4) is 0 Å². The summed E-state index contributed by atoms with van der Waals surface area (Å²) >= 11 is 0. The van der Waals surface area contributed by atoms with Gasteiger partial charge in [-0.3, -0.25) is 4.79 Å². The van der Waals surface area contributed by atoms with E-state index in [0.29, 0.717) is 25.7 Å². The number of amides is 1. The number of nitrogens with one attached hydrogen (secondary N) is 2. The fourth-order valence-corrected chi connectivity index (χ4v) is 4.64. The average Bonchev–Trinajstić information content (AvgIpc) is 2.69. The highest BCUT2D eigenvalue weighted by molar-refractivity contribution is 7.90. The molecule has 2 fully saturated rings. The maximum atomic E-state index is 12.6. The predicted molar refractivity (Wildman–Crippen MR) is 111 cm³/mol. The second-order valence-electron chi connectivity index (χ2n) is 7.90. The van der Waals surface area contributed by atoms with Crippen molar-refractivity contribution in [2.75, 3.05) is 36.5 Å². The molecule has 1 aromatic rings. The van der Waals surface area contributed by atoms with E-state index in [0.717, 1.165) is 37.7 Å².